The molecule has 0 spiro atoms. The summed E-state index contributed by atoms with van der Waals surface area (Å²) >= 11 is 0. The maximum absolute atomic E-state index is 12.3. The molecule has 10 nitrogen and oxygen atoms in total. The molecule has 0 rings (SSSR count). The van der Waals surface area contributed by atoms with E-state index in [4.69, 9.17) is 9.47 Å². The SMILES string of the molecule is CCOC(=O)N[C@H](C(=O)NCCNC(=O)[C@@H](NC(=O)OCC)C(C)C)C(C)C. The Kier molecular flexibility index (Phi) is 12.4. The van der Waals surface area contributed by atoms with Gasteiger partial charge in [-0.1, -0.05) is 27.7 Å². The standard InChI is InChI=1S/C18H34N4O6/c1-7-27-17(25)21-13(11(3)4)15(23)19-9-10-20-16(24)14(12(5)6)22-18(26)28-8-2/h11-14H,7-10H2,1-6H3,(H,19,23)(H,20,24)(H,21,25)(H,22,26)/t13-,14-/m0/s1. The zero-order valence-electron chi connectivity index (χ0n) is 17.6. The summed E-state index contributed by atoms with van der Waals surface area (Å²) in [6.07, 6.45) is -1.32. The van der Waals surface area contributed by atoms with E-state index in [1.54, 1.807) is 41.5 Å². The van der Waals surface area contributed by atoms with Crippen molar-refractivity contribution < 1.29 is 28.7 Å². The summed E-state index contributed by atoms with van der Waals surface area (Å²) in [6.45, 7) is 11.3. The molecule has 0 aromatic rings. The minimum Gasteiger partial charge on any atom is -0.450 e. The molecule has 0 unspecified atom stereocenters. The number of ether oxygens (including phenoxy) is 2. The third kappa shape index (κ3) is 9.98. The van der Waals surface area contributed by atoms with Crippen molar-refractivity contribution in [2.75, 3.05) is 26.3 Å². The first-order valence-electron chi connectivity index (χ1n) is 9.55. The van der Waals surface area contributed by atoms with Gasteiger partial charge >= 0.3 is 12.2 Å². The highest BCUT2D eigenvalue weighted by atomic mass is 16.6. The van der Waals surface area contributed by atoms with Gasteiger partial charge in [0, 0.05) is 13.1 Å². The van der Waals surface area contributed by atoms with Gasteiger partial charge in [0.15, 0.2) is 0 Å². The lowest BCUT2D eigenvalue weighted by Gasteiger charge is -2.22. The summed E-state index contributed by atoms with van der Waals surface area (Å²) in [5.74, 6) is -1.03. The average Bonchev–Trinajstić information content (AvgIpc) is 2.60. The number of nitrogens with one attached hydrogen (secondary N) is 4. The van der Waals surface area contributed by atoms with Crippen molar-refractivity contribution in [2.24, 2.45) is 11.8 Å². The molecule has 0 fully saturated rings. The van der Waals surface area contributed by atoms with E-state index < -0.39 is 24.3 Å². The van der Waals surface area contributed by atoms with Gasteiger partial charge in [-0.25, -0.2) is 9.59 Å². The predicted octanol–water partition coefficient (Wildman–Crippen LogP) is 0.760. The van der Waals surface area contributed by atoms with E-state index in [0.29, 0.717) is 0 Å². The van der Waals surface area contributed by atoms with Crippen LogP contribution in [0.15, 0.2) is 0 Å². The van der Waals surface area contributed by atoms with Crippen LogP contribution in [0.1, 0.15) is 41.5 Å². The molecule has 4 N–H and O–H groups in total. The summed E-state index contributed by atoms with van der Waals surface area (Å²) in [7, 11) is 0. The van der Waals surface area contributed by atoms with Crippen molar-refractivity contribution in [2.45, 2.75) is 53.6 Å². The normalized spacial score (nSPS) is 12.7. The van der Waals surface area contributed by atoms with E-state index in [9.17, 15) is 19.2 Å². The first-order valence-corrected chi connectivity index (χ1v) is 9.55. The van der Waals surface area contributed by atoms with Crippen LogP contribution in [0.5, 0.6) is 0 Å². The molecule has 0 saturated heterocycles. The van der Waals surface area contributed by atoms with Gasteiger partial charge in [0.25, 0.3) is 0 Å². The third-order valence-electron chi connectivity index (χ3n) is 3.72. The fourth-order valence-corrected chi connectivity index (χ4v) is 2.26. The number of rotatable bonds is 11. The Balaban J connectivity index is 4.48. The highest BCUT2D eigenvalue weighted by Gasteiger charge is 2.26. The summed E-state index contributed by atoms with van der Waals surface area (Å²) in [6, 6.07) is -1.49. The minimum atomic E-state index is -0.747. The molecule has 0 heterocycles. The molecule has 0 bridgehead atoms. The molecule has 10 heteroatoms. The molecule has 0 aromatic carbocycles. The third-order valence-corrected chi connectivity index (χ3v) is 3.72. The van der Waals surface area contributed by atoms with Crippen LogP contribution in [0.3, 0.4) is 0 Å². The van der Waals surface area contributed by atoms with Gasteiger partial charge in [0.05, 0.1) is 13.2 Å². The van der Waals surface area contributed by atoms with Gasteiger partial charge < -0.3 is 30.7 Å². The molecule has 0 aliphatic rings. The van der Waals surface area contributed by atoms with Crippen molar-refractivity contribution in [3.05, 3.63) is 0 Å². The molecule has 2 atom stereocenters. The van der Waals surface area contributed by atoms with Gasteiger partial charge in [0.2, 0.25) is 11.8 Å². The van der Waals surface area contributed by atoms with E-state index in [1.807, 2.05) is 0 Å². The van der Waals surface area contributed by atoms with Gasteiger partial charge in [-0.05, 0) is 25.7 Å². The van der Waals surface area contributed by atoms with Crippen LogP contribution in [0.2, 0.25) is 0 Å². The fourth-order valence-electron chi connectivity index (χ4n) is 2.26. The zero-order chi connectivity index (χ0) is 21.7. The molecule has 0 aliphatic carbocycles. The van der Waals surface area contributed by atoms with Crippen LogP contribution in [0, 0.1) is 11.8 Å². The van der Waals surface area contributed by atoms with Crippen molar-refractivity contribution in [3.8, 4) is 0 Å². The first-order chi connectivity index (χ1) is 13.1. The molecular weight excluding hydrogens is 368 g/mol. The second-order valence-corrected chi connectivity index (χ2v) is 6.76. The Morgan fingerprint density at radius 1 is 0.679 bits per heavy atom. The second-order valence-electron chi connectivity index (χ2n) is 6.76. The van der Waals surface area contributed by atoms with Crippen molar-refractivity contribution in [3.63, 3.8) is 0 Å². The molecular formula is C18H34N4O6. The van der Waals surface area contributed by atoms with Gasteiger partial charge in [-0.2, -0.15) is 0 Å². The second kappa shape index (κ2) is 13.6. The Morgan fingerprint density at radius 2 is 1.00 bits per heavy atom. The smallest absolute Gasteiger partial charge is 0.407 e. The van der Waals surface area contributed by atoms with E-state index in [2.05, 4.69) is 21.3 Å². The Bertz CT molecular complexity index is 478. The topological polar surface area (TPSA) is 135 Å². The molecule has 0 aromatic heterocycles. The number of carbonyl (C=O) groups is 4. The lowest BCUT2D eigenvalue weighted by atomic mass is 10.0. The highest BCUT2D eigenvalue weighted by Crippen LogP contribution is 2.03. The van der Waals surface area contributed by atoms with Crippen LogP contribution in [0.25, 0.3) is 0 Å². The van der Waals surface area contributed by atoms with Crippen molar-refractivity contribution in [1.29, 1.82) is 0 Å². The largest absolute Gasteiger partial charge is 0.450 e. The Hall–Kier alpha value is -2.52. The van der Waals surface area contributed by atoms with Crippen LogP contribution in [0.4, 0.5) is 9.59 Å². The zero-order valence-corrected chi connectivity index (χ0v) is 17.6. The van der Waals surface area contributed by atoms with Gasteiger partial charge in [-0.15, -0.1) is 0 Å². The van der Waals surface area contributed by atoms with Crippen molar-refractivity contribution in [1.82, 2.24) is 21.3 Å². The van der Waals surface area contributed by atoms with Crippen LogP contribution in [-0.4, -0.2) is 62.4 Å². The molecule has 162 valence electrons. The first kappa shape index (κ1) is 25.5. The molecule has 0 saturated carbocycles. The monoisotopic (exact) mass is 402 g/mol. The van der Waals surface area contributed by atoms with Gasteiger partial charge in [0.1, 0.15) is 12.1 Å². The van der Waals surface area contributed by atoms with Crippen molar-refractivity contribution >= 4 is 24.0 Å². The molecule has 0 radical (unpaired) electrons. The quantitative estimate of drug-likeness (QED) is 0.377. The number of carbonyl (C=O) groups excluding carboxylic acids is 4. The molecule has 28 heavy (non-hydrogen) atoms. The van der Waals surface area contributed by atoms with E-state index in [1.165, 1.54) is 0 Å². The van der Waals surface area contributed by atoms with E-state index in [-0.39, 0.29) is 50.0 Å². The minimum absolute atomic E-state index is 0.141. The number of hydrogen-bond donors (Lipinski definition) is 4. The number of amides is 4. The number of alkyl carbamates (subject to hydrolysis) is 2. The number of hydrogen-bond acceptors (Lipinski definition) is 6. The van der Waals surface area contributed by atoms with Gasteiger partial charge in [-0.3, -0.25) is 9.59 Å². The average molecular weight is 402 g/mol. The predicted molar refractivity (Wildman–Crippen MR) is 104 cm³/mol. The Morgan fingerprint density at radius 3 is 1.25 bits per heavy atom. The lowest BCUT2D eigenvalue weighted by molar-refractivity contribution is -0.125. The maximum atomic E-state index is 12.3. The fraction of sp³-hybridized carbons (Fsp3) is 0.778. The van der Waals surface area contributed by atoms with E-state index in [0.717, 1.165) is 0 Å². The molecule has 4 amide bonds. The molecule has 0 aliphatic heterocycles. The summed E-state index contributed by atoms with van der Waals surface area (Å²) in [4.78, 5) is 47.6. The maximum Gasteiger partial charge on any atom is 0.407 e. The van der Waals surface area contributed by atoms with Crippen LogP contribution < -0.4 is 21.3 Å². The summed E-state index contributed by atoms with van der Waals surface area (Å²) < 4.78 is 9.59. The summed E-state index contributed by atoms with van der Waals surface area (Å²) in [5.41, 5.74) is 0. The highest BCUT2D eigenvalue weighted by molar-refractivity contribution is 5.87. The van der Waals surface area contributed by atoms with Crippen LogP contribution in [-0.2, 0) is 19.1 Å². The van der Waals surface area contributed by atoms with E-state index >= 15 is 0 Å². The lowest BCUT2D eigenvalue weighted by Crippen LogP contribution is -2.53. The summed E-state index contributed by atoms with van der Waals surface area (Å²) in [5, 5.41) is 10.3. The van der Waals surface area contributed by atoms with Crippen LogP contribution >= 0.6 is 0 Å². The Labute approximate surface area is 166 Å².